The molecule has 0 unspecified atom stereocenters. The summed E-state index contributed by atoms with van der Waals surface area (Å²) in [6, 6.07) is 16.1. The highest BCUT2D eigenvalue weighted by molar-refractivity contribution is 7.92. The number of hydrogen-bond donors (Lipinski definition) is 1. The van der Waals surface area contributed by atoms with Gasteiger partial charge in [0.1, 0.15) is 10.6 Å². The molecule has 4 rings (SSSR count). The van der Waals surface area contributed by atoms with Crippen molar-refractivity contribution in [3.63, 3.8) is 0 Å². The normalized spacial score (nSPS) is 11.9. The van der Waals surface area contributed by atoms with Crippen molar-refractivity contribution in [2.75, 3.05) is 4.72 Å². The number of para-hydroxylation sites is 1. The van der Waals surface area contributed by atoms with Gasteiger partial charge in [0.2, 0.25) is 0 Å². The Morgan fingerprint density at radius 3 is 1.97 bits per heavy atom. The lowest BCUT2D eigenvalue weighted by molar-refractivity contribution is 0.475. The van der Waals surface area contributed by atoms with Crippen LogP contribution in [0.3, 0.4) is 0 Å². The summed E-state index contributed by atoms with van der Waals surface area (Å²) in [6.07, 6.45) is 0. The lowest BCUT2D eigenvalue weighted by Gasteiger charge is -2.10. The summed E-state index contributed by atoms with van der Waals surface area (Å²) in [5.74, 6) is -0.244. The molecule has 0 atom stereocenters. The number of sulfonamides is 1. The Morgan fingerprint density at radius 2 is 1.36 bits per heavy atom. The van der Waals surface area contributed by atoms with Crippen LogP contribution in [0.2, 0.25) is 10.0 Å². The molecular weight excluding hydrogens is 513 g/mol. The molecule has 12 heteroatoms. The Morgan fingerprint density at radius 1 is 0.788 bits per heavy atom. The molecule has 0 saturated carbocycles. The Bertz CT molecular complexity index is 1610. The summed E-state index contributed by atoms with van der Waals surface area (Å²) in [7, 11) is -8.36. The van der Waals surface area contributed by atoms with Gasteiger partial charge >= 0.3 is 15.7 Å². The molecule has 0 amide bonds. The standard InChI is InChI=1S/C21H13Cl2NO7S2/c22-14-4-8-16(9-5-14)32(26,27)24-18-12-13-2-1-3-19(20(13)30-21(18)25)31-33(28,29)17-10-6-15(23)7-11-17/h1-12,24H. The van der Waals surface area contributed by atoms with Gasteiger partial charge in [0.25, 0.3) is 10.0 Å². The lowest BCUT2D eigenvalue weighted by atomic mass is 10.2. The van der Waals surface area contributed by atoms with Gasteiger partial charge in [0, 0.05) is 15.4 Å². The maximum absolute atomic E-state index is 12.6. The lowest BCUT2D eigenvalue weighted by Crippen LogP contribution is -2.18. The van der Waals surface area contributed by atoms with Crippen LogP contribution < -0.4 is 14.5 Å². The first-order chi connectivity index (χ1) is 15.5. The third-order valence-electron chi connectivity index (χ3n) is 4.39. The number of anilines is 1. The van der Waals surface area contributed by atoms with Gasteiger partial charge in [0.05, 0.1) is 4.90 Å². The van der Waals surface area contributed by atoms with Crippen LogP contribution in [0, 0.1) is 0 Å². The fraction of sp³-hybridized carbons (Fsp3) is 0. The van der Waals surface area contributed by atoms with Gasteiger partial charge in [-0.05, 0) is 60.7 Å². The number of halogens is 2. The minimum atomic E-state index is -4.26. The number of hydrogen-bond acceptors (Lipinski definition) is 7. The van der Waals surface area contributed by atoms with Gasteiger partial charge < -0.3 is 8.60 Å². The van der Waals surface area contributed by atoms with Crippen LogP contribution in [-0.4, -0.2) is 16.8 Å². The number of nitrogens with one attached hydrogen (secondary N) is 1. The van der Waals surface area contributed by atoms with Crippen molar-refractivity contribution in [3.05, 3.63) is 93.3 Å². The van der Waals surface area contributed by atoms with Gasteiger partial charge in [-0.15, -0.1) is 0 Å². The maximum Gasteiger partial charge on any atom is 0.360 e. The average Bonchev–Trinajstić information content (AvgIpc) is 2.75. The quantitative estimate of drug-likeness (QED) is 0.287. The number of rotatable bonds is 6. The molecule has 0 aliphatic carbocycles. The predicted octanol–water partition coefficient (Wildman–Crippen LogP) is 4.67. The molecule has 0 bridgehead atoms. The smallest absolute Gasteiger partial charge is 0.360 e. The Labute approximate surface area is 198 Å². The molecule has 170 valence electrons. The van der Waals surface area contributed by atoms with Crippen LogP contribution in [-0.2, 0) is 20.1 Å². The molecular formula is C21H13Cl2NO7S2. The van der Waals surface area contributed by atoms with Crippen LogP contribution in [0.1, 0.15) is 0 Å². The minimum absolute atomic E-state index is 0.113. The van der Waals surface area contributed by atoms with Crippen molar-refractivity contribution in [2.45, 2.75) is 9.79 Å². The summed E-state index contributed by atoms with van der Waals surface area (Å²) in [6.45, 7) is 0. The average molecular weight is 526 g/mol. The Balaban J connectivity index is 1.70. The minimum Gasteiger partial charge on any atom is -0.417 e. The van der Waals surface area contributed by atoms with Crippen LogP contribution in [0.25, 0.3) is 11.0 Å². The van der Waals surface area contributed by atoms with Crippen molar-refractivity contribution in [2.24, 2.45) is 0 Å². The van der Waals surface area contributed by atoms with E-state index in [4.69, 9.17) is 31.8 Å². The molecule has 8 nitrogen and oxygen atoms in total. The van der Waals surface area contributed by atoms with E-state index in [0.717, 1.165) is 0 Å². The van der Waals surface area contributed by atoms with E-state index in [2.05, 4.69) is 4.72 Å². The molecule has 33 heavy (non-hydrogen) atoms. The van der Waals surface area contributed by atoms with Gasteiger partial charge in [-0.2, -0.15) is 8.42 Å². The summed E-state index contributed by atoms with van der Waals surface area (Å²) >= 11 is 11.6. The van der Waals surface area contributed by atoms with E-state index in [1.807, 2.05) is 0 Å². The maximum atomic E-state index is 12.6. The third kappa shape index (κ3) is 4.98. The highest BCUT2D eigenvalue weighted by atomic mass is 35.5. The largest absolute Gasteiger partial charge is 0.417 e. The van der Waals surface area contributed by atoms with Gasteiger partial charge in [-0.1, -0.05) is 35.3 Å². The third-order valence-corrected chi connectivity index (χ3v) is 7.53. The van der Waals surface area contributed by atoms with Gasteiger partial charge in [-0.3, -0.25) is 4.72 Å². The van der Waals surface area contributed by atoms with E-state index in [0.29, 0.717) is 10.0 Å². The molecule has 0 fully saturated rings. The molecule has 0 saturated heterocycles. The zero-order valence-electron chi connectivity index (χ0n) is 16.4. The van der Waals surface area contributed by atoms with Crippen molar-refractivity contribution in [1.82, 2.24) is 0 Å². The van der Waals surface area contributed by atoms with E-state index in [1.165, 1.54) is 72.8 Å². The van der Waals surface area contributed by atoms with Crippen LogP contribution in [0.5, 0.6) is 5.75 Å². The Kier molecular flexibility index (Phi) is 6.10. The van der Waals surface area contributed by atoms with Gasteiger partial charge in [0.15, 0.2) is 11.3 Å². The van der Waals surface area contributed by atoms with Crippen molar-refractivity contribution < 1.29 is 25.4 Å². The van der Waals surface area contributed by atoms with E-state index >= 15 is 0 Å². The molecule has 1 heterocycles. The zero-order valence-corrected chi connectivity index (χ0v) is 19.5. The topological polar surface area (TPSA) is 120 Å². The monoisotopic (exact) mass is 525 g/mol. The SMILES string of the molecule is O=c1oc2c(OS(=O)(=O)c3ccc(Cl)cc3)cccc2cc1NS(=O)(=O)c1ccc(Cl)cc1. The predicted molar refractivity (Wildman–Crippen MR) is 124 cm³/mol. The van der Waals surface area contributed by atoms with Crippen molar-refractivity contribution in [3.8, 4) is 5.75 Å². The summed E-state index contributed by atoms with van der Waals surface area (Å²) in [5, 5.41) is 0.922. The second kappa shape index (κ2) is 8.71. The first kappa shape index (κ1) is 23.1. The summed E-state index contributed by atoms with van der Waals surface area (Å²) in [5.41, 5.74) is -1.58. The zero-order chi connectivity index (χ0) is 23.8. The summed E-state index contributed by atoms with van der Waals surface area (Å²) in [4.78, 5) is 12.2. The number of fused-ring (bicyclic) bond motifs is 1. The van der Waals surface area contributed by atoms with Crippen LogP contribution in [0.4, 0.5) is 5.69 Å². The highest BCUT2D eigenvalue weighted by Crippen LogP contribution is 2.29. The van der Waals surface area contributed by atoms with Crippen LogP contribution >= 0.6 is 23.2 Å². The molecule has 0 aliphatic rings. The molecule has 0 radical (unpaired) electrons. The molecule has 0 aliphatic heterocycles. The Hall–Kier alpha value is -3.05. The fourth-order valence-corrected chi connectivity index (χ4v) is 5.07. The second-order valence-corrected chi connectivity index (χ2v) is 10.8. The van der Waals surface area contributed by atoms with E-state index in [1.54, 1.807) is 0 Å². The molecule has 0 spiro atoms. The molecule has 3 aromatic carbocycles. The van der Waals surface area contributed by atoms with Crippen molar-refractivity contribution >= 4 is 60.0 Å². The van der Waals surface area contributed by atoms with Crippen LogP contribution in [0.15, 0.2) is 91.8 Å². The van der Waals surface area contributed by atoms with E-state index < -0.39 is 25.8 Å². The first-order valence-corrected chi connectivity index (χ1v) is 12.8. The fourth-order valence-electron chi connectivity index (χ4n) is 2.84. The van der Waals surface area contributed by atoms with E-state index in [9.17, 15) is 21.6 Å². The van der Waals surface area contributed by atoms with Crippen molar-refractivity contribution in [1.29, 1.82) is 0 Å². The molecule has 1 N–H and O–H groups in total. The first-order valence-electron chi connectivity index (χ1n) is 9.10. The second-order valence-electron chi connectivity index (χ2n) is 6.67. The summed E-state index contributed by atoms with van der Waals surface area (Å²) < 4.78 is 62.9. The molecule has 4 aromatic rings. The molecule has 1 aromatic heterocycles. The van der Waals surface area contributed by atoms with Gasteiger partial charge in [-0.25, -0.2) is 13.2 Å². The highest BCUT2D eigenvalue weighted by Gasteiger charge is 2.21. The van der Waals surface area contributed by atoms with E-state index in [-0.39, 0.29) is 32.2 Å². The number of benzene rings is 3.